The van der Waals surface area contributed by atoms with Crippen LogP contribution in [0.5, 0.6) is 5.75 Å². The van der Waals surface area contributed by atoms with Crippen molar-refractivity contribution >= 4 is 5.96 Å². The van der Waals surface area contributed by atoms with Crippen molar-refractivity contribution < 1.29 is 4.74 Å². The summed E-state index contributed by atoms with van der Waals surface area (Å²) in [6.45, 7) is 12.4. The van der Waals surface area contributed by atoms with Crippen LogP contribution in [0.4, 0.5) is 0 Å². The van der Waals surface area contributed by atoms with Crippen LogP contribution in [0.3, 0.4) is 0 Å². The zero-order valence-corrected chi connectivity index (χ0v) is 16.8. The number of guanidine groups is 1. The molecule has 0 aliphatic carbocycles. The molecule has 1 fully saturated rings. The summed E-state index contributed by atoms with van der Waals surface area (Å²) in [5.41, 5.74) is 1.24. The molecule has 6 nitrogen and oxygen atoms in total. The van der Waals surface area contributed by atoms with Gasteiger partial charge in [-0.3, -0.25) is 4.99 Å². The van der Waals surface area contributed by atoms with Crippen molar-refractivity contribution in [2.24, 2.45) is 10.9 Å². The average Bonchev–Trinajstić information content (AvgIpc) is 2.64. The standard InChI is InChI=1S/C20H35N5O/c1-17-5-7-19(8-6-17)26-14-9-22-20(21-3)23-15-18(2)16-25-12-10-24(4)11-13-25/h5-8,18H,9-16H2,1-4H3,(H2,21,22,23). The maximum absolute atomic E-state index is 5.73. The number of likely N-dealkylation sites (N-methyl/N-ethyl adjacent to an activating group) is 1. The molecule has 0 spiro atoms. The van der Waals surface area contributed by atoms with Crippen LogP contribution in [-0.4, -0.2) is 82.3 Å². The molecule has 2 N–H and O–H groups in total. The van der Waals surface area contributed by atoms with Gasteiger partial charge in [-0.1, -0.05) is 24.6 Å². The summed E-state index contributed by atoms with van der Waals surface area (Å²) in [5.74, 6) is 2.32. The van der Waals surface area contributed by atoms with E-state index in [2.05, 4.69) is 58.5 Å². The lowest BCUT2D eigenvalue weighted by Gasteiger charge is -2.34. The predicted octanol–water partition coefficient (Wildman–Crippen LogP) is 1.42. The smallest absolute Gasteiger partial charge is 0.191 e. The van der Waals surface area contributed by atoms with Gasteiger partial charge in [-0.15, -0.1) is 0 Å². The number of rotatable bonds is 8. The molecular weight excluding hydrogens is 326 g/mol. The van der Waals surface area contributed by atoms with E-state index in [1.165, 1.54) is 31.7 Å². The van der Waals surface area contributed by atoms with E-state index in [-0.39, 0.29) is 0 Å². The first-order chi connectivity index (χ1) is 12.6. The molecule has 0 amide bonds. The summed E-state index contributed by atoms with van der Waals surface area (Å²) in [5, 5.41) is 6.73. The van der Waals surface area contributed by atoms with Crippen LogP contribution < -0.4 is 15.4 Å². The predicted molar refractivity (Wildman–Crippen MR) is 109 cm³/mol. The molecule has 1 saturated heterocycles. The topological polar surface area (TPSA) is 52.1 Å². The third-order valence-corrected chi connectivity index (χ3v) is 4.69. The van der Waals surface area contributed by atoms with Crippen molar-refractivity contribution in [2.75, 3.05) is 66.5 Å². The Labute approximate surface area is 158 Å². The van der Waals surface area contributed by atoms with E-state index in [0.29, 0.717) is 12.5 Å². The Morgan fingerprint density at radius 2 is 1.85 bits per heavy atom. The third kappa shape index (κ3) is 7.62. The molecule has 1 unspecified atom stereocenters. The van der Waals surface area contributed by atoms with Crippen LogP contribution in [0.2, 0.25) is 0 Å². The van der Waals surface area contributed by atoms with E-state index < -0.39 is 0 Å². The lowest BCUT2D eigenvalue weighted by molar-refractivity contribution is 0.139. The minimum Gasteiger partial charge on any atom is -0.492 e. The molecule has 1 aliphatic heterocycles. The number of benzene rings is 1. The molecule has 1 heterocycles. The highest BCUT2D eigenvalue weighted by atomic mass is 16.5. The number of piperazine rings is 1. The van der Waals surface area contributed by atoms with Crippen LogP contribution >= 0.6 is 0 Å². The van der Waals surface area contributed by atoms with Crippen molar-refractivity contribution in [1.82, 2.24) is 20.4 Å². The Morgan fingerprint density at radius 1 is 1.15 bits per heavy atom. The van der Waals surface area contributed by atoms with Gasteiger partial charge in [-0.25, -0.2) is 0 Å². The van der Waals surface area contributed by atoms with Gasteiger partial charge in [0.05, 0.1) is 6.54 Å². The van der Waals surface area contributed by atoms with Gasteiger partial charge in [0.25, 0.3) is 0 Å². The van der Waals surface area contributed by atoms with E-state index in [0.717, 1.165) is 31.3 Å². The lowest BCUT2D eigenvalue weighted by atomic mass is 10.1. The van der Waals surface area contributed by atoms with Crippen molar-refractivity contribution in [3.05, 3.63) is 29.8 Å². The lowest BCUT2D eigenvalue weighted by Crippen LogP contribution is -2.47. The highest BCUT2D eigenvalue weighted by Gasteiger charge is 2.16. The Bertz CT molecular complexity index is 538. The molecule has 0 radical (unpaired) electrons. The molecule has 0 saturated carbocycles. The van der Waals surface area contributed by atoms with Crippen LogP contribution in [0.1, 0.15) is 12.5 Å². The fourth-order valence-electron chi connectivity index (χ4n) is 3.00. The second kappa shape index (κ2) is 11.0. The number of aryl methyl sites for hydroxylation is 1. The molecule has 6 heteroatoms. The molecule has 1 aromatic carbocycles. The highest BCUT2D eigenvalue weighted by molar-refractivity contribution is 5.79. The van der Waals surface area contributed by atoms with Crippen LogP contribution in [-0.2, 0) is 0 Å². The van der Waals surface area contributed by atoms with Gasteiger partial charge in [0.2, 0.25) is 0 Å². The minimum absolute atomic E-state index is 0.584. The average molecular weight is 362 g/mol. The van der Waals surface area contributed by atoms with E-state index in [4.69, 9.17) is 4.74 Å². The van der Waals surface area contributed by atoms with Crippen LogP contribution in [0.25, 0.3) is 0 Å². The molecular formula is C20H35N5O. The Hall–Kier alpha value is -1.79. The van der Waals surface area contributed by atoms with Crippen molar-refractivity contribution in [2.45, 2.75) is 13.8 Å². The zero-order valence-electron chi connectivity index (χ0n) is 16.8. The molecule has 0 bridgehead atoms. The van der Waals surface area contributed by atoms with E-state index in [1.807, 2.05) is 12.1 Å². The monoisotopic (exact) mass is 361 g/mol. The summed E-state index contributed by atoms with van der Waals surface area (Å²) in [4.78, 5) is 9.24. The first-order valence-electron chi connectivity index (χ1n) is 9.61. The van der Waals surface area contributed by atoms with Gasteiger partial charge < -0.3 is 25.2 Å². The highest BCUT2D eigenvalue weighted by Crippen LogP contribution is 2.10. The normalized spacial score (nSPS) is 17.8. The molecule has 1 atom stereocenters. The van der Waals surface area contributed by atoms with E-state index >= 15 is 0 Å². The van der Waals surface area contributed by atoms with E-state index in [9.17, 15) is 0 Å². The molecule has 1 aliphatic rings. The van der Waals surface area contributed by atoms with Gasteiger partial charge in [-0.2, -0.15) is 0 Å². The number of hydrogen-bond acceptors (Lipinski definition) is 4. The number of hydrogen-bond donors (Lipinski definition) is 2. The summed E-state index contributed by atoms with van der Waals surface area (Å²) in [7, 11) is 4.00. The molecule has 146 valence electrons. The Kier molecular flexibility index (Phi) is 8.71. The summed E-state index contributed by atoms with van der Waals surface area (Å²) in [6, 6.07) is 8.13. The quantitative estimate of drug-likeness (QED) is 0.417. The Balaban J connectivity index is 1.58. The van der Waals surface area contributed by atoms with Gasteiger partial charge in [0, 0.05) is 46.3 Å². The van der Waals surface area contributed by atoms with E-state index in [1.54, 1.807) is 7.05 Å². The first-order valence-corrected chi connectivity index (χ1v) is 9.61. The van der Waals surface area contributed by atoms with Gasteiger partial charge in [-0.05, 0) is 32.0 Å². The zero-order chi connectivity index (χ0) is 18.8. The maximum Gasteiger partial charge on any atom is 0.191 e. The molecule has 0 aromatic heterocycles. The number of nitrogens with one attached hydrogen (secondary N) is 2. The van der Waals surface area contributed by atoms with Crippen molar-refractivity contribution in [3.63, 3.8) is 0 Å². The fourth-order valence-corrected chi connectivity index (χ4v) is 3.00. The maximum atomic E-state index is 5.73. The third-order valence-electron chi connectivity index (χ3n) is 4.69. The second-order valence-corrected chi connectivity index (χ2v) is 7.25. The summed E-state index contributed by atoms with van der Waals surface area (Å²) < 4.78 is 5.73. The largest absolute Gasteiger partial charge is 0.492 e. The van der Waals surface area contributed by atoms with Crippen LogP contribution in [0, 0.1) is 12.8 Å². The van der Waals surface area contributed by atoms with Gasteiger partial charge in [0.15, 0.2) is 5.96 Å². The van der Waals surface area contributed by atoms with Crippen molar-refractivity contribution in [1.29, 1.82) is 0 Å². The van der Waals surface area contributed by atoms with Crippen LogP contribution in [0.15, 0.2) is 29.3 Å². The molecule has 1 aromatic rings. The first kappa shape index (κ1) is 20.5. The SMILES string of the molecule is CN=C(NCCOc1ccc(C)cc1)NCC(C)CN1CCN(C)CC1. The van der Waals surface area contributed by atoms with Gasteiger partial charge in [0.1, 0.15) is 12.4 Å². The molecule has 26 heavy (non-hydrogen) atoms. The summed E-state index contributed by atoms with van der Waals surface area (Å²) >= 11 is 0. The second-order valence-electron chi connectivity index (χ2n) is 7.25. The van der Waals surface area contributed by atoms with Crippen molar-refractivity contribution in [3.8, 4) is 5.75 Å². The summed E-state index contributed by atoms with van der Waals surface area (Å²) in [6.07, 6.45) is 0. The Morgan fingerprint density at radius 3 is 2.50 bits per heavy atom. The number of ether oxygens (including phenoxy) is 1. The minimum atomic E-state index is 0.584. The fraction of sp³-hybridized carbons (Fsp3) is 0.650. The number of aliphatic imine (C=N–C) groups is 1. The molecule has 2 rings (SSSR count). The van der Waals surface area contributed by atoms with Gasteiger partial charge >= 0.3 is 0 Å². The number of nitrogens with zero attached hydrogens (tertiary/aromatic N) is 3.